The Bertz CT molecular complexity index is 1010. The Balaban J connectivity index is 1.94. The minimum atomic E-state index is -0.933. The lowest BCUT2D eigenvalue weighted by molar-refractivity contribution is 0.102. The molecule has 0 saturated heterocycles. The van der Waals surface area contributed by atoms with E-state index in [0.717, 1.165) is 35.9 Å². The van der Waals surface area contributed by atoms with Gasteiger partial charge in [-0.1, -0.05) is 19.4 Å². The molecule has 3 rings (SSSR count). The lowest BCUT2D eigenvalue weighted by atomic mass is 10.0. The fourth-order valence-electron chi connectivity index (χ4n) is 2.76. The van der Waals surface area contributed by atoms with Crippen LogP contribution in [0.3, 0.4) is 0 Å². The summed E-state index contributed by atoms with van der Waals surface area (Å²) in [4.78, 5) is 26.7. The van der Waals surface area contributed by atoms with Crippen LogP contribution in [0.25, 0.3) is 10.9 Å². The second-order valence-corrected chi connectivity index (χ2v) is 5.75. The molecule has 0 aliphatic carbocycles. The smallest absolute Gasteiger partial charge is 0.258 e. The van der Waals surface area contributed by atoms with Gasteiger partial charge in [0.05, 0.1) is 11.1 Å². The zero-order valence-corrected chi connectivity index (χ0v) is 13.5. The molecule has 0 radical (unpaired) electrons. The van der Waals surface area contributed by atoms with Crippen LogP contribution in [0, 0.1) is 11.6 Å². The number of amides is 1. The molecule has 3 aromatic rings. The molecular formula is C19H16F2N2O2. The van der Waals surface area contributed by atoms with Crippen molar-refractivity contribution >= 4 is 22.5 Å². The highest BCUT2D eigenvalue weighted by molar-refractivity contribution is 6.05. The minimum Gasteiger partial charge on any atom is -0.322 e. The highest BCUT2D eigenvalue weighted by atomic mass is 19.1. The van der Waals surface area contributed by atoms with Gasteiger partial charge in [0.25, 0.3) is 5.91 Å². The number of H-pyrrole nitrogens is 1. The first-order chi connectivity index (χ1) is 12.0. The van der Waals surface area contributed by atoms with Crippen LogP contribution < -0.4 is 10.9 Å². The summed E-state index contributed by atoms with van der Waals surface area (Å²) in [6, 6.07) is 9.43. The molecule has 0 spiro atoms. The van der Waals surface area contributed by atoms with E-state index < -0.39 is 17.5 Å². The number of hydrogen-bond donors (Lipinski definition) is 2. The van der Waals surface area contributed by atoms with Gasteiger partial charge in [-0.05, 0) is 36.2 Å². The van der Waals surface area contributed by atoms with Crippen molar-refractivity contribution in [3.05, 3.63) is 75.6 Å². The number of hydrogen-bond acceptors (Lipinski definition) is 2. The van der Waals surface area contributed by atoms with Crippen LogP contribution >= 0.6 is 0 Å². The lowest BCUT2D eigenvalue weighted by Crippen LogP contribution is -2.14. The molecule has 0 bridgehead atoms. The molecule has 128 valence electrons. The minimum absolute atomic E-state index is 0.219. The van der Waals surface area contributed by atoms with Crippen molar-refractivity contribution in [2.45, 2.75) is 19.8 Å². The van der Waals surface area contributed by atoms with E-state index in [2.05, 4.69) is 10.3 Å². The van der Waals surface area contributed by atoms with Crippen molar-refractivity contribution in [3.8, 4) is 0 Å². The van der Waals surface area contributed by atoms with Gasteiger partial charge in [-0.3, -0.25) is 9.59 Å². The third-order valence-electron chi connectivity index (χ3n) is 3.88. The first kappa shape index (κ1) is 16.8. The molecule has 0 aliphatic rings. The Morgan fingerprint density at radius 3 is 2.64 bits per heavy atom. The summed E-state index contributed by atoms with van der Waals surface area (Å²) in [6.07, 6.45) is 1.67. The van der Waals surface area contributed by atoms with Gasteiger partial charge in [-0.2, -0.15) is 0 Å². The Morgan fingerprint density at radius 1 is 1.12 bits per heavy atom. The van der Waals surface area contributed by atoms with Gasteiger partial charge in [-0.15, -0.1) is 0 Å². The summed E-state index contributed by atoms with van der Waals surface area (Å²) in [6.45, 7) is 2.03. The molecule has 0 saturated carbocycles. The first-order valence-electron chi connectivity index (χ1n) is 7.90. The highest BCUT2D eigenvalue weighted by Crippen LogP contribution is 2.21. The molecule has 0 atom stereocenters. The van der Waals surface area contributed by atoms with E-state index in [1.165, 1.54) is 0 Å². The van der Waals surface area contributed by atoms with E-state index in [4.69, 9.17) is 0 Å². The Kier molecular flexibility index (Phi) is 4.61. The lowest BCUT2D eigenvalue weighted by Gasteiger charge is -2.09. The van der Waals surface area contributed by atoms with Crippen LogP contribution in [0.4, 0.5) is 14.5 Å². The van der Waals surface area contributed by atoms with Crippen molar-refractivity contribution in [3.63, 3.8) is 0 Å². The fraction of sp³-hybridized carbons (Fsp3) is 0.158. The summed E-state index contributed by atoms with van der Waals surface area (Å²) in [5.41, 5.74) is 1.46. The molecule has 25 heavy (non-hydrogen) atoms. The Hall–Kier alpha value is -3.02. The second kappa shape index (κ2) is 6.84. The maximum absolute atomic E-state index is 13.7. The number of benzene rings is 2. The maximum Gasteiger partial charge on any atom is 0.258 e. The molecule has 6 heteroatoms. The van der Waals surface area contributed by atoms with E-state index in [-0.39, 0.29) is 11.1 Å². The summed E-state index contributed by atoms with van der Waals surface area (Å²) >= 11 is 0. The monoisotopic (exact) mass is 342 g/mol. The van der Waals surface area contributed by atoms with E-state index in [1.54, 1.807) is 24.3 Å². The third kappa shape index (κ3) is 3.57. The number of nitrogens with one attached hydrogen (secondary N) is 2. The van der Waals surface area contributed by atoms with Crippen LogP contribution in [-0.2, 0) is 6.42 Å². The molecule has 2 aromatic carbocycles. The van der Waals surface area contributed by atoms with Gasteiger partial charge in [0.1, 0.15) is 11.6 Å². The highest BCUT2D eigenvalue weighted by Gasteiger charge is 2.13. The van der Waals surface area contributed by atoms with Crippen molar-refractivity contribution in [1.29, 1.82) is 0 Å². The number of rotatable bonds is 4. The summed E-state index contributed by atoms with van der Waals surface area (Å²) in [5, 5.41) is 3.45. The number of carbonyl (C=O) groups is 1. The van der Waals surface area contributed by atoms with Crippen LogP contribution in [0.15, 0.2) is 47.3 Å². The quantitative estimate of drug-likeness (QED) is 0.752. The molecule has 0 aliphatic heterocycles. The van der Waals surface area contributed by atoms with Crippen molar-refractivity contribution in [2.24, 2.45) is 0 Å². The molecule has 1 heterocycles. The SMILES string of the molecule is CCCc1cc(=O)[nH]c2cc(NC(=O)c3ccc(F)cc3F)ccc12. The number of halogens is 2. The summed E-state index contributed by atoms with van der Waals surface area (Å²) in [7, 11) is 0. The summed E-state index contributed by atoms with van der Waals surface area (Å²) < 4.78 is 26.6. The first-order valence-corrected chi connectivity index (χ1v) is 7.90. The number of aryl methyl sites for hydroxylation is 1. The normalized spacial score (nSPS) is 10.8. The van der Waals surface area contributed by atoms with Crippen LogP contribution in [0.1, 0.15) is 29.3 Å². The largest absolute Gasteiger partial charge is 0.322 e. The van der Waals surface area contributed by atoms with Crippen molar-refractivity contribution < 1.29 is 13.6 Å². The summed E-state index contributed by atoms with van der Waals surface area (Å²) in [5.74, 6) is -2.37. The van der Waals surface area contributed by atoms with E-state index >= 15 is 0 Å². The van der Waals surface area contributed by atoms with Crippen LogP contribution in [-0.4, -0.2) is 10.9 Å². The van der Waals surface area contributed by atoms with Gasteiger partial charge < -0.3 is 10.3 Å². The maximum atomic E-state index is 13.7. The van der Waals surface area contributed by atoms with Crippen molar-refractivity contribution in [1.82, 2.24) is 4.98 Å². The van der Waals surface area contributed by atoms with Gasteiger partial charge in [0.2, 0.25) is 5.56 Å². The molecular weight excluding hydrogens is 326 g/mol. The number of aromatic nitrogens is 1. The molecule has 0 fully saturated rings. The number of aromatic amines is 1. The average Bonchev–Trinajstić information content (AvgIpc) is 2.54. The van der Waals surface area contributed by atoms with Gasteiger partial charge >= 0.3 is 0 Å². The van der Waals surface area contributed by atoms with Crippen LogP contribution in [0.2, 0.25) is 0 Å². The molecule has 4 nitrogen and oxygen atoms in total. The Morgan fingerprint density at radius 2 is 1.92 bits per heavy atom. The predicted octanol–water partition coefficient (Wildman–Crippen LogP) is 4.01. The van der Waals surface area contributed by atoms with Gasteiger partial charge in [0, 0.05) is 23.2 Å². The Labute approximate surface area is 142 Å². The van der Waals surface area contributed by atoms with Gasteiger partial charge in [-0.25, -0.2) is 8.78 Å². The predicted molar refractivity (Wildman–Crippen MR) is 92.9 cm³/mol. The molecule has 0 unspecified atom stereocenters. The fourth-order valence-corrected chi connectivity index (χ4v) is 2.76. The zero-order valence-electron chi connectivity index (χ0n) is 13.5. The number of anilines is 1. The average molecular weight is 342 g/mol. The number of fused-ring (bicyclic) bond motifs is 1. The topological polar surface area (TPSA) is 62.0 Å². The standard InChI is InChI=1S/C19H16F2N2O2/c1-2-3-11-8-18(24)23-17-10-13(5-7-14(11)17)22-19(25)15-6-4-12(20)9-16(15)21/h4-10H,2-3H2,1H3,(H,22,25)(H,23,24). The van der Waals surface area contributed by atoms with Crippen LogP contribution in [0.5, 0.6) is 0 Å². The number of pyridine rings is 1. The molecule has 1 aromatic heterocycles. The molecule has 2 N–H and O–H groups in total. The third-order valence-corrected chi connectivity index (χ3v) is 3.88. The van der Waals surface area contributed by atoms with E-state index in [1.807, 2.05) is 6.92 Å². The zero-order chi connectivity index (χ0) is 18.0. The van der Waals surface area contributed by atoms with Gasteiger partial charge in [0.15, 0.2) is 0 Å². The van der Waals surface area contributed by atoms with E-state index in [0.29, 0.717) is 17.3 Å². The van der Waals surface area contributed by atoms with E-state index in [9.17, 15) is 18.4 Å². The number of carbonyl (C=O) groups excluding carboxylic acids is 1. The van der Waals surface area contributed by atoms with Crippen molar-refractivity contribution in [2.75, 3.05) is 5.32 Å². The molecule has 1 amide bonds. The second-order valence-electron chi connectivity index (χ2n) is 5.75.